The highest BCUT2D eigenvalue weighted by atomic mass is 35.5. The number of piperidine rings is 1. The molecule has 1 N–H and O–H groups in total. The number of hydrogen-bond acceptors (Lipinski definition) is 2. The van der Waals surface area contributed by atoms with Gasteiger partial charge in [0.25, 0.3) is 0 Å². The van der Waals surface area contributed by atoms with Gasteiger partial charge < -0.3 is 10.2 Å². The van der Waals surface area contributed by atoms with E-state index in [0.29, 0.717) is 17.9 Å². The highest BCUT2D eigenvalue weighted by Crippen LogP contribution is 2.25. The Morgan fingerprint density at radius 3 is 2.50 bits per heavy atom. The zero-order valence-electron chi connectivity index (χ0n) is 10.2. The molecule has 2 heterocycles. The Bertz CT molecular complexity index is 241. The Labute approximate surface area is 104 Å². The predicted molar refractivity (Wildman–Crippen MR) is 67.8 cm³/mol. The molecule has 16 heavy (non-hydrogen) atoms. The molecule has 1 amide bonds. The van der Waals surface area contributed by atoms with Gasteiger partial charge in [0.1, 0.15) is 0 Å². The highest BCUT2D eigenvalue weighted by molar-refractivity contribution is 5.85. The van der Waals surface area contributed by atoms with Crippen LogP contribution in [-0.2, 0) is 4.79 Å². The molecule has 2 rings (SSSR count). The summed E-state index contributed by atoms with van der Waals surface area (Å²) in [5, 5.41) is 3.18. The molecule has 0 saturated carbocycles. The molecular weight excluding hydrogens is 224 g/mol. The Morgan fingerprint density at radius 2 is 2.00 bits per heavy atom. The van der Waals surface area contributed by atoms with Crippen molar-refractivity contribution in [1.82, 2.24) is 10.2 Å². The van der Waals surface area contributed by atoms with E-state index in [2.05, 4.69) is 24.1 Å². The van der Waals surface area contributed by atoms with Crippen molar-refractivity contribution in [3.63, 3.8) is 0 Å². The van der Waals surface area contributed by atoms with Crippen LogP contribution < -0.4 is 5.32 Å². The van der Waals surface area contributed by atoms with E-state index < -0.39 is 0 Å². The lowest BCUT2D eigenvalue weighted by Crippen LogP contribution is -2.56. The molecule has 0 aromatic heterocycles. The van der Waals surface area contributed by atoms with E-state index in [1.165, 1.54) is 19.3 Å². The standard InChI is InChI=1S/C12H22N2O.ClH/c1-9(2)11-5-3-4-6-14(11)12(15)10-7-13-8-10;/h9-11,13H,3-8H2,1-2H3;1H. The average molecular weight is 247 g/mol. The van der Waals surface area contributed by atoms with E-state index in [1.807, 2.05) is 0 Å². The van der Waals surface area contributed by atoms with Gasteiger partial charge in [0, 0.05) is 25.7 Å². The summed E-state index contributed by atoms with van der Waals surface area (Å²) >= 11 is 0. The summed E-state index contributed by atoms with van der Waals surface area (Å²) in [6.45, 7) is 7.23. The maximum absolute atomic E-state index is 12.2. The van der Waals surface area contributed by atoms with Gasteiger partial charge in [-0.15, -0.1) is 12.4 Å². The maximum Gasteiger partial charge on any atom is 0.228 e. The molecule has 3 nitrogen and oxygen atoms in total. The Morgan fingerprint density at radius 1 is 1.31 bits per heavy atom. The summed E-state index contributed by atoms with van der Waals surface area (Å²) in [5.41, 5.74) is 0. The first-order chi connectivity index (χ1) is 7.20. The summed E-state index contributed by atoms with van der Waals surface area (Å²) in [5.74, 6) is 1.26. The van der Waals surface area contributed by atoms with Gasteiger partial charge in [0.15, 0.2) is 0 Å². The molecule has 0 radical (unpaired) electrons. The van der Waals surface area contributed by atoms with Crippen LogP contribution in [-0.4, -0.2) is 36.5 Å². The molecule has 0 aromatic rings. The number of likely N-dealkylation sites (tertiary alicyclic amines) is 1. The number of carbonyl (C=O) groups is 1. The number of nitrogens with zero attached hydrogens (tertiary/aromatic N) is 1. The molecular formula is C12H23ClN2O. The van der Waals surface area contributed by atoms with Crippen LogP contribution in [0.15, 0.2) is 0 Å². The predicted octanol–water partition coefficient (Wildman–Crippen LogP) is 1.66. The van der Waals surface area contributed by atoms with E-state index in [1.54, 1.807) is 0 Å². The fourth-order valence-corrected chi connectivity index (χ4v) is 2.62. The number of amides is 1. The number of nitrogens with one attached hydrogen (secondary N) is 1. The summed E-state index contributed by atoms with van der Waals surface area (Å²) < 4.78 is 0. The first kappa shape index (κ1) is 13.8. The van der Waals surface area contributed by atoms with Crippen LogP contribution in [0.4, 0.5) is 0 Å². The quantitative estimate of drug-likeness (QED) is 0.804. The van der Waals surface area contributed by atoms with Crippen molar-refractivity contribution in [3.05, 3.63) is 0 Å². The second kappa shape index (κ2) is 5.87. The van der Waals surface area contributed by atoms with Crippen LogP contribution in [0.2, 0.25) is 0 Å². The smallest absolute Gasteiger partial charge is 0.228 e. The lowest BCUT2D eigenvalue weighted by Gasteiger charge is -2.41. The van der Waals surface area contributed by atoms with Gasteiger partial charge in [-0.25, -0.2) is 0 Å². The minimum atomic E-state index is 0. The molecule has 0 aromatic carbocycles. The summed E-state index contributed by atoms with van der Waals surface area (Å²) in [4.78, 5) is 14.3. The van der Waals surface area contributed by atoms with Crippen molar-refractivity contribution in [1.29, 1.82) is 0 Å². The summed E-state index contributed by atoms with van der Waals surface area (Å²) in [6, 6.07) is 0.492. The molecule has 94 valence electrons. The molecule has 0 spiro atoms. The van der Waals surface area contributed by atoms with Gasteiger partial charge in [0.05, 0.1) is 5.92 Å². The van der Waals surface area contributed by atoms with Gasteiger partial charge >= 0.3 is 0 Å². The molecule has 1 unspecified atom stereocenters. The van der Waals surface area contributed by atoms with Gasteiger partial charge in [-0.1, -0.05) is 13.8 Å². The van der Waals surface area contributed by atoms with Gasteiger partial charge in [-0.05, 0) is 25.2 Å². The Hall–Kier alpha value is -0.280. The monoisotopic (exact) mass is 246 g/mol. The fourth-order valence-electron chi connectivity index (χ4n) is 2.62. The van der Waals surface area contributed by atoms with E-state index >= 15 is 0 Å². The Kier molecular flexibility index (Phi) is 5.06. The SMILES string of the molecule is CC(C)C1CCCCN1C(=O)C1CNC1.Cl. The number of hydrogen-bond donors (Lipinski definition) is 1. The van der Waals surface area contributed by atoms with E-state index in [9.17, 15) is 4.79 Å². The third-order valence-corrected chi connectivity index (χ3v) is 3.73. The molecule has 2 fully saturated rings. The van der Waals surface area contributed by atoms with E-state index in [4.69, 9.17) is 0 Å². The highest BCUT2D eigenvalue weighted by Gasteiger charge is 2.35. The second-order valence-corrected chi connectivity index (χ2v) is 5.19. The van der Waals surface area contributed by atoms with Crippen molar-refractivity contribution in [2.75, 3.05) is 19.6 Å². The lowest BCUT2D eigenvalue weighted by atomic mass is 9.90. The molecule has 1 atom stereocenters. The van der Waals surface area contributed by atoms with Crippen LogP contribution in [0, 0.1) is 11.8 Å². The first-order valence-corrected chi connectivity index (χ1v) is 6.21. The van der Waals surface area contributed by atoms with Crippen molar-refractivity contribution >= 4 is 18.3 Å². The molecule has 0 aliphatic carbocycles. The molecule has 4 heteroatoms. The van der Waals surface area contributed by atoms with Crippen LogP contribution >= 0.6 is 12.4 Å². The first-order valence-electron chi connectivity index (χ1n) is 6.21. The number of rotatable bonds is 2. The zero-order valence-corrected chi connectivity index (χ0v) is 11.1. The van der Waals surface area contributed by atoms with Crippen LogP contribution in [0.1, 0.15) is 33.1 Å². The van der Waals surface area contributed by atoms with Crippen molar-refractivity contribution in [2.24, 2.45) is 11.8 Å². The van der Waals surface area contributed by atoms with Gasteiger partial charge in [-0.2, -0.15) is 0 Å². The average Bonchev–Trinajstić information content (AvgIpc) is 2.15. The van der Waals surface area contributed by atoms with E-state index in [-0.39, 0.29) is 18.3 Å². The topological polar surface area (TPSA) is 32.3 Å². The van der Waals surface area contributed by atoms with Crippen molar-refractivity contribution < 1.29 is 4.79 Å². The third-order valence-electron chi connectivity index (χ3n) is 3.73. The molecule has 2 aliphatic rings. The zero-order chi connectivity index (χ0) is 10.8. The van der Waals surface area contributed by atoms with Crippen molar-refractivity contribution in [3.8, 4) is 0 Å². The number of carbonyl (C=O) groups excluding carboxylic acids is 1. The summed E-state index contributed by atoms with van der Waals surface area (Å²) in [6.07, 6.45) is 3.67. The lowest BCUT2D eigenvalue weighted by molar-refractivity contribution is -0.142. The molecule has 2 saturated heterocycles. The second-order valence-electron chi connectivity index (χ2n) is 5.19. The Balaban J connectivity index is 0.00000128. The van der Waals surface area contributed by atoms with Gasteiger partial charge in [0.2, 0.25) is 5.91 Å². The minimum absolute atomic E-state index is 0. The van der Waals surface area contributed by atoms with E-state index in [0.717, 1.165) is 19.6 Å². The minimum Gasteiger partial charge on any atom is -0.339 e. The maximum atomic E-state index is 12.2. The molecule has 2 aliphatic heterocycles. The normalized spacial score (nSPS) is 26.2. The number of halogens is 1. The van der Waals surface area contributed by atoms with Gasteiger partial charge in [-0.3, -0.25) is 4.79 Å². The third kappa shape index (κ3) is 2.69. The fraction of sp³-hybridized carbons (Fsp3) is 0.917. The largest absolute Gasteiger partial charge is 0.339 e. The van der Waals surface area contributed by atoms with Crippen molar-refractivity contribution in [2.45, 2.75) is 39.2 Å². The summed E-state index contributed by atoms with van der Waals surface area (Å²) in [7, 11) is 0. The molecule has 0 bridgehead atoms. The van der Waals surface area contributed by atoms with Crippen LogP contribution in [0.3, 0.4) is 0 Å². The van der Waals surface area contributed by atoms with Crippen LogP contribution in [0.25, 0.3) is 0 Å². The van der Waals surface area contributed by atoms with Crippen LogP contribution in [0.5, 0.6) is 0 Å².